The van der Waals surface area contributed by atoms with Crippen molar-refractivity contribution in [1.29, 1.82) is 0 Å². The Hall–Kier alpha value is -3.32. The maximum Gasteiger partial charge on any atom is 0.407 e. The van der Waals surface area contributed by atoms with Crippen molar-refractivity contribution < 1.29 is 9.53 Å². The van der Waals surface area contributed by atoms with Gasteiger partial charge in [-0.05, 0) is 17.7 Å². The maximum atomic E-state index is 11.6. The number of para-hydroxylation sites is 1. The fraction of sp³-hybridized carbons (Fsp3) is 0.143. The number of nitrogens with zero attached hydrogens (tertiary/aromatic N) is 1. The monoisotopic (exact) mass is 330 g/mol. The van der Waals surface area contributed by atoms with Crippen LogP contribution in [0.5, 0.6) is 0 Å². The van der Waals surface area contributed by atoms with Crippen molar-refractivity contribution in [3.05, 3.63) is 78.0 Å². The third-order valence-corrected chi connectivity index (χ3v) is 3.59. The van der Waals surface area contributed by atoms with Gasteiger partial charge in [0.15, 0.2) is 0 Å². The number of alkyl carbamates (subject to hydrolysis) is 1. The number of hydrogen-bond acceptors (Lipinski definition) is 3. The molecule has 1 aromatic heterocycles. The lowest BCUT2D eigenvalue weighted by atomic mass is 10.1. The Bertz CT molecular complexity index is 906. The molecule has 4 heteroatoms. The van der Waals surface area contributed by atoms with Crippen molar-refractivity contribution in [3.8, 4) is 11.8 Å². The molecule has 0 radical (unpaired) electrons. The van der Waals surface area contributed by atoms with E-state index in [4.69, 9.17) is 4.74 Å². The number of nitrogens with one attached hydrogen (secondary N) is 1. The lowest BCUT2D eigenvalue weighted by Gasteiger charge is -2.05. The minimum Gasteiger partial charge on any atom is -0.445 e. The summed E-state index contributed by atoms with van der Waals surface area (Å²) in [6, 6.07) is 19.4. The summed E-state index contributed by atoms with van der Waals surface area (Å²) >= 11 is 0. The SMILES string of the molecule is O=C(NCCC#Cc1cccc2cccnc12)OCc1ccccc1. The molecule has 0 spiro atoms. The molecule has 1 heterocycles. The zero-order valence-electron chi connectivity index (χ0n) is 13.7. The minimum absolute atomic E-state index is 0.264. The summed E-state index contributed by atoms with van der Waals surface area (Å²) in [6.07, 6.45) is 1.87. The van der Waals surface area contributed by atoms with Crippen LogP contribution in [-0.4, -0.2) is 17.6 Å². The van der Waals surface area contributed by atoms with Crippen molar-refractivity contribution in [1.82, 2.24) is 10.3 Å². The van der Waals surface area contributed by atoms with Gasteiger partial charge in [-0.1, -0.05) is 60.4 Å². The van der Waals surface area contributed by atoms with Crippen molar-refractivity contribution >= 4 is 17.0 Å². The Morgan fingerprint density at radius 3 is 2.76 bits per heavy atom. The van der Waals surface area contributed by atoms with Gasteiger partial charge in [0.2, 0.25) is 0 Å². The number of benzene rings is 2. The summed E-state index contributed by atoms with van der Waals surface area (Å²) in [4.78, 5) is 16.0. The first-order valence-corrected chi connectivity index (χ1v) is 8.10. The summed E-state index contributed by atoms with van der Waals surface area (Å²) < 4.78 is 5.14. The van der Waals surface area contributed by atoms with E-state index in [1.165, 1.54) is 0 Å². The van der Waals surface area contributed by atoms with Gasteiger partial charge in [0.1, 0.15) is 6.61 Å². The van der Waals surface area contributed by atoms with E-state index in [9.17, 15) is 4.79 Å². The predicted octanol–water partition coefficient (Wildman–Crippen LogP) is 3.90. The highest BCUT2D eigenvalue weighted by atomic mass is 16.5. The predicted molar refractivity (Wildman–Crippen MR) is 97.9 cm³/mol. The summed E-state index contributed by atoms with van der Waals surface area (Å²) in [5, 5.41) is 3.76. The van der Waals surface area contributed by atoms with Crippen LogP contribution in [0.15, 0.2) is 66.9 Å². The zero-order valence-corrected chi connectivity index (χ0v) is 13.7. The molecule has 25 heavy (non-hydrogen) atoms. The van der Waals surface area contributed by atoms with Crippen LogP contribution in [0, 0.1) is 11.8 Å². The van der Waals surface area contributed by atoms with Crippen LogP contribution in [0.4, 0.5) is 4.79 Å². The summed E-state index contributed by atoms with van der Waals surface area (Å²) in [5.41, 5.74) is 2.75. The number of ether oxygens (including phenoxy) is 1. The van der Waals surface area contributed by atoms with Gasteiger partial charge in [-0.3, -0.25) is 4.98 Å². The van der Waals surface area contributed by atoms with E-state index in [-0.39, 0.29) is 6.61 Å². The number of carbonyl (C=O) groups is 1. The molecule has 0 aliphatic heterocycles. The number of rotatable bonds is 4. The van der Waals surface area contributed by atoms with Gasteiger partial charge in [0.25, 0.3) is 0 Å². The Kier molecular flexibility index (Phi) is 5.63. The van der Waals surface area contributed by atoms with Gasteiger partial charge in [-0.25, -0.2) is 4.79 Å². The number of aromatic nitrogens is 1. The molecular formula is C21H18N2O2. The second-order valence-electron chi connectivity index (χ2n) is 5.42. The van der Waals surface area contributed by atoms with E-state index in [0.717, 1.165) is 22.0 Å². The van der Waals surface area contributed by atoms with Crippen LogP contribution in [0.1, 0.15) is 17.5 Å². The number of amides is 1. The highest BCUT2D eigenvalue weighted by Gasteiger charge is 2.01. The molecule has 0 bridgehead atoms. The number of carbonyl (C=O) groups excluding carboxylic acids is 1. The van der Waals surface area contributed by atoms with E-state index in [1.54, 1.807) is 6.20 Å². The Morgan fingerprint density at radius 2 is 1.88 bits per heavy atom. The average molecular weight is 330 g/mol. The lowest BCUT2D eigenvalue weighted by molar-refractivity contribution is 0.140. The first kappa shape index (κ1) is 16.5. The molecule has 1 N–H and O–H groups in total. The number of hydrogen-bond donors (Lipinski definition) is 1. The molecular weight excluding hydrogens is 312 g/mol. The fourth-order valence-electron chi connectivity index (χ4n) is 2.36. The van der Waals surface area contributed by atoms with Crippen LogP contribution in [0.2, 0.25) is 0 Å². The van der Waals surface area contributed by atoms with E-state index in [1.807, 2.05) is 60.7 Å². The maximum absolute atomic E-state index is 11.6. The zero-order chi connectivity index (χ0) is 17.3. The molecule has 0 atom stereocenters. The first-order valence-electron chi connectivity index (χ1n) is 8.10. The normalized spacial score (nSPS) is 9.92. The Morgan fingerprint density at radius 1 is 1.04 bits per heavy atom. The van der Waals surface area contributed by atoms with E-state index >= 15 is 0 Å². The molecule has 4 nitrogen and oxygen atoms in total. The highest BCUT2D eigenvalue weighted by molar-refractivity contribution is 5.84. The van der Waals surface area contributed by atoms with Gasteiger partial charge < -0.3 is 10.1 Å². The molecule has 0 saturated heterocycles. The van der Waals surface area contributed by atoms with Gasteiger partial charge in [-0.15, -0.1) is 0 Å². The molecule has 3 aromatic rings. The highest BCUT2D eigenvalue weighted by Crippen LogP contribution is 2.14. The van der Waals surface area contributed by atoms with Crippen molar-refractivity contribution in [2.45, 2.75) is 13.0 Å². The van der Waals surface area contributed by atoms with Crippen LogP contribution >= 0.6 is 0 Å². The van der Waals surface area contributed by atoms with Gasteiger partial charge in [0, 0.05) is 24.5 Å². The second-order valence-corrected chi connectivity index (χ2v) is 5.42. The average Bonchev–Trinajstić information content (AvgIpc) is 2.67. The number of pyridine rings is 1. The first-order chi connectivity index (χ1) is 12.3. The summed E-state index contributed by atoms with van der Waals surface area (Å²) in [6.45, 7) is 0.707. The van der Waals surface area contributed by atoms with Crippen molar-refractivity contribution in [2.24, 2.45) is 0 Å². The minimum atomic E-state index is -0.433. The Labute approximate surface area is 146 Å². The largest absolute Gasteiger partial charge is 0.445 e. The molecule has 0 aliphatic rings. The number of fused-ring (bicyclic) bond motifs is 1. The molecule has 0 aliphatic carbocycles. The third kappa shape index (κ3) is 4.82. The Balaban J connectivity index is 1.45. The fourth-order valence-corrected chi connectivity index (χ4v) is 2.36. The molecule has 0 fully saturated rings. The van der Waals surface area contributed by atoms with Crippen LogP contribution in [-0.2, 0) is 11.3 Å². The van der Waals surface area contributed by atoms with Gasteiger partial charge in [0.05, 0.1) is 11.1 Å². The van der Waals surface area contributed by atoms with Crippen molar-refractivity contribution in [2.75, 3.05) is 6.54 Å². The molecule has 0 unspecified atom stereocenters. The summed E-state index contributed by atoms with van der Waals surface area (Å²) in [7, 11) is 0. The lowest BCUT2D eigenvalue weighted by Crippen LogP contribution is -2.24. The summed E-state index contributed by atoms with van der Waals surface area (Å²) in [5.74, 6) is 6.18. The van der Waals surface area contributed by atoms with Gasteiger partial charge in [-0.2, -0.15) is 0 Å². The quantitative estimate of drug-likeness (QED) is 0.583. The standard InChI is InChI=1S/C21H18N2O2/c24-21(25-16-17-8-2-1-3-9-17)23-14-5-4-10-18-11-6-12-19-13-7-15-22-20(18)19/h1-3,6-9,11-13,15H,5,14,16H2,(H,23,24). The van der Waals surface area contributed by atoms with E-state index < -0.39 is 6.09 Å². The van der Waals surface area contributed by atoms with E-state index in [2.05, 4.69) is 22.1 Å². The molecule has 124 valence electrons. The topological polar surface area (TPSA) is 51.2 Å². The van der Waals surface area contributed by atoms with Crippen molar-refractivity contribution in [3.63, 3.8) is 0 Å². The molecule has 0 saturated carbocycles. The molecule has 3 rings (SSSR count). The smallest absolute Gasteiger partial charge is 0.407 e. The van der Waals surface area contributed by atoms with Crippen LogP contribution < -0.4 is 5.32 Å². The molecule has 1 amide bonds. The second kappa shape index (κ2) is 8.51. The third-order valence-electron chi connectivity index (χ3n) is 3.59. The van der Waals surface area contributed by atoms with E-state index in [0.29, 0.717) is 13.0 Å². The van der Waals surface area contributed by atoms with Crippen LogP contribution in [0.25, 0.3) is 10.9 Å². The van der Waals surface area contributed by atoms with Crippen LogP contribution in [0.3, 0.4) is 0 Å². The molecule has 2 aromatic carbocycles. The van der Waals surface area contributed by atoms with Gasteiger partial charge >= 0.3 is 6.09 Å².